The maximum Gasteiger partial charge on any atom is 0.271 e. The van der Waals surface area contributed by atoms with Crippen LogP contribution in [0.4, 0.5) is 11.4 Å². The molecule has 466 valence electrons. The molecule has 0 aliphatic carbocycles. The van der Waals surface area contributed by atoms with Gasteiger partial charge in [-0.05, 0) is 135 Å². The van der Waals surface area contributed by atoms with Gasteiger partial charge in [-0.1, -0.05) is 47.5 Å². The molecular formula is C66H72I2N10O11. The van der Waals surface area contributed by atoms with Crippen LogP contribution in [0.15, 0.2) is 196 Å². The normalized spacial score (nSPS) is 10.9. The molecule has 8 rings (SSSR count). The van der Waals surface area contributed by atoms with Crippen LogP contribution in [-0.4, -0.2) is 131 Å². The molecule has 0 spiro atoms. The van der Waals surface area contributed by atoms with Gasteiger partial charge in [-0.3, -0.25) is 28.1 Å². The smallest absolute Gasteiger partial charge is 0.271 e. The molecule has 0 atom stereocenters. The molecule has 9 N–H and O–H groups in total. The number of ether oxygens (including phenoxy) is 2. The van der Waals surface area contributed by atoms with E-state index in [2.05, 4.69) is 84.4 Å². The van der Waals surface area contributed by atoms with E-state index in [1.54, 1.807) is 97.1 Å². The van der Waals surface area contributed by atoms with E-state index in [1.165, 1.54) is 69.4 Å². The van der Waals surface area contributed by atoms with Gasteiger partial charge in [0.25, 0.3) is 23.6 Å². The summed E-state index contributed by atoms with van der Waals surface area (Å²) in [6.45, 7) is 3.85. The Morgan fingerprint density at radius 1 is 0.371 bits per heavy atom. The van der Waals surface area contributed by atoms with Crippen molar-refractivity contribution in [3.8, 4) is 40.2 Å². The number of carbonyl (C=O) groups is 4. The molecule has 8 aromatic rings. The van der Waals surface area contributed by atoms with E-state index in [9.17, 15) is 39.6 Å². The van der Waals surface area contributed by atoms with E-state index in [-0.39, 0.29) is 100 Å². The minimum atomic E-state index is -0.334. The van der Waals surface area contributed by atoms with Crippen LogP contribution in [0.5, 0.6) is 40.2 Å². The van der Waals surface area contributed by atoms with Gasteiger partial charge in [-0.25, -0.2) is 21.7 Å². The second-order valence-corrected chi connectivity index (χ2v) is 20.8. The lowest BCUT2D eigenvalue weighted by Crippen LogP contribution is -3.00. The van der Waals surface area contributed by atoms with E-state index in [0.717, 1.165) is 22.5 Å². The first-order valence-electron chi connectivity index (χ1n) is 26.7. The van der Waals surface area contributed by atoms with Crippen LogP contribution in [0, 0.1) is 13.8 Å². The highest BCUT2D eigenvalue weighted by Crippen LogP contribution is 2.25. The SMILES string of the molecule is COc1ccc(/C=N/NC(=O)c2ccc([N+](C)(C)C)cc2)c(O)c1.COc1ccc(/C=N/NC(=O)c2cccc(C)c2)c(O)c1.C[N+](C)(C)c1ccc(C(=O)N/N=C/c2ccccc2O)cc1.Cc1ccc(C(=O)N/N=C/c2ccc(O)cc2O)cc1.[I-].[I-]. The number of carbonyl (C=O) groups excluding carboxylic acids is 4. The third kappa shape index (κ3) is 24.5. The van der Waals surface area contributed by atoms with Gasteiger partial charge >= 0.3 is 0 Å². The molecule has 0 aliphatic heterocycles. The number of nitrogens with zero attached hydrogens (tertiary/aromatic N) is 6. The standard InChI is InChI=1S/C18H21N3O3.C17H19N3O2.C16H16N2O3.C15H14N2O3.2HI/c1-21(2,3)15-8-5-13(6-9-15)18(23)20-19-12-14-7-10-16(24-4)11-17(14)22;1-20(2,3)15-10-8-13(9-11-15)17(22)19-18-12-14-6-4-5-7-16(14)21;1-11-4-3-5-12(8-11)16(20)18-17-10-13-6-7-14(21-2)9-15(13)19;1-10-2-4-11(5-3-10)15(20)17-16-9-12-6-7-13(18)8-14(12)19;;/h5-12H,1-4H3,(H-,19,20,22,23);4-12H,1-3H3,(H-,18,19,21,22);3-10,19H,1-2H3,(H,18,20);2-9,18-19H,1H3,(H,17,20);2*1H/b;;17-10+;16-9+;;. The molecule has 0 fully saturated rings. The number of phenolic OH excluding ortho intramolecular Hbond substituents is 5. The van der Waals surface area contributed by atoms with Crippen molar-refractivity contribution in [1.82, 2.24) is 30.7 Å². The molecule has 0 saturated heterocycles. The van der Waals surface area contributed by atoms with Crippen LogP contribution >= 0.6 is 0 Å². The monoisotopic (exact) mass is 1430 g/mol. The lowest BCUT2D eigenvalue weighted by molar-refractivity contribution is -0.00100. The number of aryl methyl sites for hydroxylation is 2. The average molecular weight is 1440 g/mol. The Kier molecular flexibility index (Phi) is 29.6. The molecule has 0 unspecified atom stereocenters. The number of hydrogen-bond donors (Lipinski definition) is 9. The van der Waals surface area contributed by atoms with E-state index >= 15 is 0 Å². The Balaban J connectivity index is 0.000000308. The second-order valence-electron chi connectivity index (χ2n) is 20.8. The summed E-state index contributed by atoms with van der Waals surface area (Å²) in [5, 5.41) is 63.2. The van der Waals surface area contributed by atoms with Crippen LogP contribution in [0.1, 0.15) is 74.8 Å². The fraction of sp³-hybridized carbons (Fsp3) is 0.152. The summed E-state index contributed by atoms with van der Waals surface area (Å²) in [5.74, 6) is -0.120. The first-order chi connectivity index (χ1) is 41.3. The number of nitrogens with one attached hydrogen (secondary N) is 4. The summed E-state index contributed by atoms with van der Waals surface area (Å²) >= 11 is 0. The molecule has 0 heterocycles. The first kappa shape index (κ1) is 73.6. The molecule has 89 heavy (non-hydrogen) atoms. The fourth-order valence-electron chi connectivity index (χ4n) is 7.27. The average Bonchev–Trinajstić information content (AvgIpc) is 3.55. The van der Waals surface area contributed by atoms with Crippen LogP contribution in [0.3, 0.4) is 0 Å². The predicted molar refractivity (Wildman–Crippen MR) is 342 cm³/mol. The van der Waals surface area contributed by atoms with Crippen molar-refractivity contribution in [3.05, 3.63) is 232 Å². The third-order valence-electron chi connectivity index (χ3n) is 12.3. The Bertz CT molecular complexity index is 3760. The zero-order chi connectivity index (χ0) is 63.7. The van der Waals surface area contributed by atoms with Crippen molar-refractivity contribution >= 4 is 59.9 Å². The van der Waals surface area contributed by atoms with Gasteiger partial charge in [0.1, 0.15) is 51.6 Å². The Morgan fingerprint density at radius 2 is 0.719 bits per heavy atom. The molecule has 0 aliphatic rings. The van der Waals surface area contributed by atoms with Crippen LogP contribution in [0.2, 0.25) is 0 Å². The molecule has 0 radical (unpaired) electrons. The van der Waals surface area contributed by atoms with E-state index in [1.807, 2.05) is 62.4 Å². The summed E-state index contributed by atoms with van der Waals surface area (Å²) in [7, 11) is 15.4. The minimum absolute atomic E-state index is 0. The fourth-order valence-corrected chi connectivity index (χ4v) is 7.27. The lowest BCUT2D eigenvalue weighted by atomic mass is 10.1. The maximum atomic E-state index is 12.1. The zero-order valence-electron chi connectivity index (χ0n) is 50.7. The van der Waals surface area contributed by atoms with Gasteiger partial charge in [0, 0.05) is 62.7 Å². The molecule has 0 bridgehead atoms. The number of quaternary nitrogens is 2. The summed E-state index contributed by atoms with van der Waals surface area (Å²) in [6, 6.07) is 49.5. The number of amides is 4. The van der Waals surface area contributed by atoms with Crippen molar-refractivity contribution in [1.29, 1.82) is 0 Å². The van der Waals surface area contributed by atoms with Crippen LogP contribution in [0.25, 0.3) is 0 Å². The Morgan fingerprint density at radius 3 is 1.07 bits per heavy atom. The lowest BCUT2D eigenvalue weighted by Gasteiger charge is -2.23. The number of phenols is 5. The minimum Gasteiger partial charge on any atom is -1.00 e. The van der Waals surface area contributed by atoms with Gasteiger partial charge in [0.15, 0.2) is 0 Å². The van der Waals surface area contributed by atoms with Crippen molar-refractivity contribution in [3.63, 3.8) is 0 Å². The Labute approximate surface area is 551 Å². The summed E-state index contributed by atoms with van der Waals surface area (Å²) < 4.78 is 11.4. The Hall–Kier alpha value is -9.70. The summed E-state index contributed by atoms with van der Waals surface area (Å²) in [6.07, 6.45) is 5.48. The number of para-hydroxylation sites is 1. The quantitative estimate of drug-likeness (QED) is 0.0293. The molecule has 0 aromatic heterocycles. The van der Waals surface area contributed by atoms with E-state index in [0.29, 0.717) is 65.0 Å². The number of hydrogen-bond acceptors (Lipinski definition) is 15. The van der Waals surface area contributed by atoms with Crippen LogP contribution < -0.4 is 88.1 Å². The number of hydrazone groups is 4. The summed E-state index contributed by atoms with van der Waals surface area (Å²) in [4.78, 5) is 47.7. The largest absolute Gasteiger partial charge is 1.00 e. The van der Waals surface area contributed by atoms with E-state index < -0.39 is 0 Å². The van der Waals surface area contributed by atoms with Gasteiger partial charge in [0.05, 0.1) is 81.4 Å². The molecule has 4 amide bonds. The molecule has 23 heteroatoms. The molecule has 0 saturated carbocycles. The van der Waals surface area contributed by atoms with Gasteiger partial charge < -0.3 is 83.0 Å². The number of benzene rings is 8. The number of halogens is 2. The van der Waals surface area contributed by atoms with Crippen molar-refractivity contribution < 1.29 is 102 Å². The van der Waals surface area contributed by atoms with Gasteiger partial charge in [0.2, 0.25) is 0 Å². The van der Waals surface area contributed by atoms with Gasteiger partial charge in [-0.15, -0.1) is 0 Å². The number of rotatable bonds is 16. The van der Waals surface area contributed by atoms with Crippen molar-refractivity contribution in [2.24, 2.45) is 20.4 Å². The number of aromatic hydroxyl groups is 5. The number of methoxy groups -OCH3 is 2. The molecule has 8 aromatic carbocycles. The molecular weight excluding hydrogens is 1360 g/mol. The van der Waals surface area contributed by atoms with Gasteiger partial charge in [-0.2, -0.15) is 20.4 Å². The van der Waals surface area contributed by atoms with Crippen LogP contribution in [-0.2, 0) is 0 Å². The third-order valence-corrected chi connectivity index (χ3v) is 12.3. The maximum absolute atomic E-state index is 12.1. The highest BCUT2D eigenvalue weighted by Gasteiger charge is 2.15. The van der Waals surface area contributed by atoms with Crippen molar-refractivity contribution in [2.45, 2.75) is 13.8 Å². The molecule has 21 nitrogen and oxygen atoms in total. The van der Waals surface area contributed by atoms with Crippen molar-refractivity contribution in [2.75, 3.05) is 56.5 Å². The highest BCUT2D eigenvalue weighted by atomic mass is 127. The summed E-state index contributed by atoms with van der Waals surface area (Å²) in [5.41, 5.74) is 17.9. The first-order valence-corrected chi connectivity index (χ1v) is 26.7. The predicted octanol–water partition coefficient (Wildman–Crippen LogP) is 3.37. The highest BCUT2D eigenvalue weighted by molar-refractivity contribution is 5.97. The zero-order valence-corrected chi connectivity index (χ0v) is 55.0. The topological polar surface area (TPSA) is 285 Å². The second kappa shape index (κ2) is 35.8. The van der Waals surface area contributed by atoms with E-state index in [4.69, 9.17) is 14.6 Å².